The average Bonchev–Trinajstić information content (AvgIpc) is 2.94. The predicted octanol–water partition coefficient (Wildman–Crippen LogP) is 3.24. The van der Waals surface area contributed by atoms with Gasteiger partial charge in [-0.1, -0.05) is 25.5 Å². The molecule has 0 saturated carbocycles. The van der Waals surface area contributed by atoms with E-state index in [9.17, 15) is 0 Å². The third-order valence-electron chi connectivity index (χ3n) is 4.52. The lowest BCUT2D eigenvalue weighted by Crippen LogP contribution is -2.32. The number of benzene rings is 1. The van der Waals surface area contributed by atoms with Crippen LogP contribution in [0.4, 0.5) is 0 Å². The SMILES string of the molecule is CCNCc1ccc2ccn(CCN3CCCCC3)c2c1. The molecule has 2 aromatic rings. The molecule has 3 heteroatoms. The normalized spacial score (nSPS) is 16.6. The van der Waals surface area contributed by atoms with Crippen molar-refractivity contribution in [3.63, 3.8) is 0 Å². The van der Waals surface area contributed by atoms with E-state index in [1.807, 2.05) is 0 Å². The van der Waals surface area contributed by atoms with Crippen LogP contribution in [0.1, 0.15) is 31.7 Å². The molecule has 1 saturated heterocycles. The fraction of sp³-hybridized carbons (Fsp3) is 0.556. The zero-order valence-electron chi connectivity index (χ0n) is 13.1. The largest absolute Gasteiger partial charge is 0.346 e. The van der Waals surface area contributed by atoms with E-state index >= 15 is 0 Å². The van der Waals surface area contributed by atoms with Crippen LogP contribution in [0.5, 0.6) is 0 Å². The molecule has 1 aromatic heterocycles. The number of piperidine rings is 1. The minimum Gasteiger partial charge on any atom is -0.346 e. The van der Waals surface area contributed by atoms with Gasteiger partial charge in [-0.25, -0.2) is 0 Å². The Hall–Kier alpha value is -1.32. The Morgan fingerprint density at radius 1 is 1.05 bits per heavy atom. The van der Waals surface area contributed by atoms with Gasteiger partial charge in [0.25, 0.3) is 0 Å². The number of aromatic nitrogens is 1. The van der Waals surface area contributed by atoms with Crippen molar-refractivity contribution in [3.05, 3.63) is 36.0 Å². The topological polar surface area (TPSA) is 20.2 Å². The molecule has 1 N–H and O–H groups in total. The van der Waals surface area contributed by atoms with E-state index in [1.165, 1.54) is 55.4 Å². The van der Waals surface area contributed by atoms with Crippen LogP contribution < -0.4 is 5.32 Å². The number of hydrogen-bond acceptors (Lipinski definition) is 2. The molecule has 3 rings (SSSR count). The van der Waals surface area contributed by atoms with E-state index in [0.29, 0.717) is 0 Å². The smallest absolute Gasteiger partial charge is 0.0483 e. The summed E-state index contributed by atoms with van der Waals surface area (Å²) in [6.07, 6.45) is 6.40. The Morgan fingerprint density at radius 2 is 1.90 bits per heavy atom. The summed E-state index contributed by atoms with van der Waals surface area (Å²) in [5.74, 6) is 0. The monoisotopic (exact) mass is 285 g/mol. The highest BCUT2D eigenvalue weighted by Crippen LogP contribution is 2.18. The highest BCUT2D eigenvalue weighted by molar-refractivity contribution is 5.80. The lowest BCUT2D eigenvalue weighted by Gasteiger charge is -2.26. The molecule has 114 valence electrons. The van der Waals surface area contributed by atoms with Gasteiger partial charge in [-0.3, -0.25) is 0 Å². The summed E-state index contributed by atoms with van der Waals surface area (Å²) in [6, 6.07) is 9.07. The Labute approximate surface area is 127 Å². The molecular formula is C18H27N3. The summed E-state index contributed by atoms with van der Waals surface area (Å²) in [6.45, 7) is 8.99. The van der Waals surface area contributed by atoms with E-state index in [1.54, 1.807) is 0 Å². The second-order valence-corrected chi connectivity index (χ2v) is 6.08. The molecule has 0 atom stereocenters. The first-order valence-electron chi connectivity index (χ1n) is 8.37. The number of nitrogens with zero attached hydrogens (tertiary/aromatic N) is 2. The van der Waals surface area contributed by atoms with Gasteiger partial charge < -0.3 is 14.8 Å². The van der Waals surface area contributed by atoms with E-state index in [-0.39, 0.29) is 0 Å². The molecule has 1 fully saturated rings. The quantitative estimate of drug-likeness (QED) is 0.879. The zero-order chi connectivity index (χ0) is 14.5. The minimum atomic E-state index is 0.962. The number of likely N-dealkylation sites (tertiary alicyclic amines) is 1. The Kier molecular flexibility index (Phi) is 4.94. The third kappa shape index (κ3) is 3.66. The lowest BCUT2D eigenvalue weighted by atomic mass is 10.1. The van der Waals surface area contributed by atoms with Crippen molar-refractivity contribution in [2.24, 2.45) is 0 Å². The molecule has 1 aromatic carbocycles. The van der Waals surface area contributed by atoms with Crippen LogP contribution in [-0.2, 0) is 13.1 Å². The van der Waals surface area contributed by atoms with Crippen LogP contribution in [0, 0.1) is 0 Å². The van der Waals surface area contributed by atoms with E-state index in [0.717, 1.165) is 19.6 Å². The molecule has 0 unspecified atom stereocenters. The van der Waals surface area contributed by atoms with Crippen molar-refractivity contribution >= 4 is 10.9 Å². The maximum atomic E-state index is 3.41. The summed E-state index contributed by atoms with van der Waals surface area (Å²) >= 11 is 0. The molecule has 1 aliphatic rings. The molecular weight excluding hydrogens is 258 g/mol. The molecule has 0 radical (unpaired) electrons. The highest BCUT2D eigenvalue weighted by Gasteiger charge is 2.10. The van der Waals surface area contributed by atoms with Gasteiger partial charge in [-0.15, -0.1) is 0 Å². The first-order valence-corrected chi connectivity index (χ1v) is 8.37. The Bertz CT molecular complexity index is 567. The molecule has 0 amide bonds. The average molecular weight is 285 g/mol. The van der Waals surface area contributed by atoms with E-state index in [2.05, 4.69) is 52.2 Å². The highest BCUT2D eigenvalue weighted by atomic mass is 15.1. The predicted molar refractivity (Wildman–Crippen MR) is 89.6 cm³/mol. The molecule has 2 heterocycles. The van der Waals surface area contributed by atoms with Crippen molar-refractivity contribution in [3.8, 4) is 0 Å². The zero-order valence-corrected chi connectivity index (χ0v) is 13.1. The number of nitrogens with one attached hydrogen (secondary N) is 1. The lowest BCUT2D eigenvalue weighted by molar-refractivity contribution is 0.221. The molecule has 21 heavy (non-hydrogen) atoms. The van der Waals surface area contributed by atoms with Gasteiger partial charge in [0.2, 0.25) is 0 Å². The van der Waals surface area contributed by atoms with E-state index < -0.39 is 0 Å². The third-order valence-corrected chi connectivity index (χ3v) is 4.52. The summed E-state index contributed by atoms with van der Waals surface area (Å²) in [4.78, 5) is 2.61. The van der Waals surface area contributed by atoms with Gasteiger partial charge in [0.15, 0.2) is 0 Å². The molecule has 1 aliphatic heterocycles. The number of rotatable bonds is 6. The fourth-order valence-corrected chi connectivity index (χ4v) is 3.24. The van der Waals surface area contributed by atoms with Crippen LogP contribution in [0.25, 0.3) is 10.9 Å². The second-order valence-electron chi connectivity index (χ2n) is 6.08. The van der Waals surface area contributed by atoms with Crippen molar-refractivity contribution < 1.29 is 0 Å². The van der Waals surface area contributed by atoms with Crippen LogP contribution in [0.15, 0.2) is 30.5 Å². The van der Waals surface area contributed by atoms with Crippen LogP contribution >= 0.6 is 0 Å². The van der Waals surface area contributed by atoms with Gasteiger partial charge in [0, 0.05) is 31.3 Å². The maximum Gasteiger partial charge on any atom is 0.0483 e. The van der Waals surface area contributed by atoms with Crippen molar-refractivity contribution in [2.45, 2.75) is 39.3 Å². The minimum absolute atomic E-state index is 0.962. The standard InChI is InChI=1S/C18H27N3/c1-2-19-15-16-6-7-17-8-11-21(18(17)14-16)13-12-20-9-4-3-5-10-20/h6-8,11,14,19H,2-5,9-10,12-13,15H2,1H3. The summed E-state index contributed by atoms with van der Waals surface area (Å²) < 4.78 is 2.42. The van der Waals surface area contributed by atoms with Crippen LogP contribution in [-0.4, -0.2) is 35.6 Å². The Morgan fingerprint density at radius 3 is 2.71 bits per heavy atom. The van der Waals surface area contributed by atoms with Crippen molar-refractivity contribution in [1.29, 1.82) is 0 Å². The molecule has 0 spiro atoms. The van der Waals surface area contributed by atoms with Gasteiger partial charge in [-0.2, -0.15) is 0 Å². The summed E-state index contributed by atoms with van der Waals surface area (Å²) in [5, 5.41) is 4.76. The second kappa shape index (κ2) is 7.10. The fourth-order valence-electron chi connectivity index (χ4n) is 3.24. The van der Waals surface area contributed by atoms with Crippen LogP contribution in [0.2, 0.25) is 0 Å². The van der Waals surface area contributed by atoms with Crippen molar-refractivity contribution in [2.75, 3.05) is 26.2 Å². The first kappa shape index (κ1) is 14.6. The van der Waals surface area contributed by atoms with Gasteiger partial charge in [0.05, 0.1) is 0 Å². The first-order chi connectivity index (χ1) is 10.4. The molecule has 3 nitrogen and oxygen atoms in total. The maximum absolute atomic E-state index is 3.41. The summed E-state index contributed by atoms with van der Waals surface area (Å²) in [5.41, 5.74) is 2.75. The van der Waals surface area contributed by atoms with Gasteiger partial charge in [0.1, 0.15) is 0 Å². The van der Waals surface area contributed by atoms with Gasteiger partial charge >= 0.3 is 0 Å². The van der Waals surface area contributed by atoms with Crippen LogP contribution in [0.3, 0.4) is 0 Å². The summed E-state index contributed by atoms with van der Waals surface area (Å²) in [7, 11) is 0. The molecule has 0 bridgehead atoms. The number of fused-ring (bicyclic) bond motifs is 1. The number of hydrogen-bond donors (Lipinski definition) is 1. The Balaban J connectivity index is 1.68. The van der Waals surface area contributed by atoms with Crippen molar-refractivity contribution in [1.82, 2.24) is 14.8 Å². The molecule has 0 aliphatic carbocycles. The van der Waals surface area contributed by atoms with E-state index in [4.69, 9.17) is 0 Å². The van der Waals surface area contributed by atoms with Gasteiger partial charge in [-0.05, 0) is 55.6 Å².